The highest BCUT2D eigenvalue weighted by atomic mass is 35.5. The van der Waals surface area contributed by atoms with Gasteiger partial charge in [0.05, 0.1) is 16.2 Å². The molecule has 1 unspecified atom stereocenters. The Hall–Kier alpha value is -1.05. The average Bonchev–Trinajstić information content (AvgIpc) is 2.69. The highest BCUT2D eigenvalue weighted by Gasteiger charge is 2.50. The van der Waals surface area contributed by atoms with Crippen molar-refractivity contribution in [1.82, 2.24) is 4.57 Å². The van der Waals surface area contributed by atoms with Gasteiger partial charge in [-0.15, -0.1) is 13.2 Å². The van der Waals surface area contributed by atoms with E-state index in [-0.39, 0.29) is 32.0 Å². The molecule has 2 nitrogen and oxygen atoms in total. The molecular formula is C13H8Cl2F5NO. The van der Waals surface area contributed by atoms with Crippen molar-refractivity contribution in [3.05, 3.63) is 33.4 Å². The lowest BCUT2D eigenvalue weighted by molar-refractivity contribution is -0.209. The molecule has 0 amide bonds. The van der Waals surface area contributed by atoms with Crippen LogP contribution in [0.5, 0.6) is 0 Å². The molecule has 120 valence electrons. The van der Waals surface area contributed by atoms with Gasteiger partial charge in [-0.05, 0) is 24.1 Å². The van der Waals surface area contributed by atoms with Crippen molar-refractivity contribution in [2.24, 2.45) is 0 Å². The maximum Gasteiger partial charge on any atom is 0.489 e. The summed E-state index contributed by atoms with van der Waals surface area (Å²) in [7, 11) is 0. The minimum absolute atomic E-state index is 0.00449. The second kappa shape index (κ2) is 4.72. The molecule has 0 aliphatic heterocycles. The topological polar surface area (TPSA) is 25.2 Å². The van der Waals surface area contributed by atoms with Crippen LogP contribution in [0.2, 0.25) is 10.0 Å². The van der Waals surface area contributed by atoms with E-state index in [1.807, 2.05) is 0 Å². The van der Waals surface area contributed by atoms with Gasteiger partial charge in [0.25, 0.3) is 5.92 Å². The Kier molecular flexibility index (Phi) is 3.40. The predicted molar refractivity (Wildman–Crippen MR) is 71.5 cm³/mol. The number of aryl methyl sites for hydroxylation is 1. The van der Waals surface area contributed by atoms with E-state index < -0.39 is 36.0 Å². The standard InChI is InChI=1S/C13H8Cl2F5NO/c14-5-3-7-6-1-2-12(16,17)11(22)10(6)21(13(18,19)20)9(7)8(15)4-5/h3-4,11,22H,1-2H2. The fourth-order valence-electron chi connectivity index (χ4n) is 2.86. The van der Waals surface area contributed by atoms with Crippen molar-refractivity contribution in [1.29, 1.82) is 0 Å². The molecule has 1 aliphatic carbocycles. The van der Waals surface area contributed by atoms with Gasteiger partial charge in [0.1, 0.15) is 0 Å². The first-order valence-electron chi connectivity index (χ1n) is 6.19. The molecule has 1 aliphatic rings. The molecule has 1 N–H and O–H groups in total. The fourth-order valence-corrected chi connectivity index (χ4v) is 3.44. The third-order valence-corrected chi connectivity index (χ3v) is 4.25. The van der Waals surface area contributed by atoms with E-state index in [1.165, 1.54) is 6.07 Å². The minimum Gasteiger partial charge on any atom is -0.381 e. The molecule has 3 rings (SSSR count). The van der Waals surface area contributed by atoms with Crippen LogP contribution in [0, 0.1) is 0 Å². The van der Waals surface area contributed by atoms with E-state index >= 15 is 0 Å². The number of benzene rings is 1. The van der Waals surface area contributed by atoms with E-state index in [9.17, 15) is 27.1 Å². The van der Waals surface area contributed by atoms with Crippen LogP contribution in [0.3, 0.4) is 0 Å². The molecule has 0 fully saturated rings. The normalized spacial score (nSPS) is 21.2. The van der Waals surface area contributed by atoms with Crippen LogP contribution in [-0.2, 0) is 12.7 Å². The van der Waals surface area contributed by atoms with Crippen LogP contribution in [0.15, 0.2) is 12.1 Å². The van der Waals surface area contributed by atoms with E-state index in [4.69, 9.17) is 23.2 Å². The number of aliphatic hydroxyl groups is 1. The van der Waals surface area contributed by atoms with Gasteiger partial charge in [0.2, 0.25) is 0 Å². The summed E-state index contributed by atoms with van der Waals surface area (Å²) in [5, 5.41) is 9.55. The molecule has 1 heterocycles. The monoisotopic (exact) mass is 359 g/mol. The molecule has 0 bridgehead atoms. The molecule has 9 heteroatoms. The highest BCUT2D eigenvalue weighted by Crippen LogP contribution is 2.49. The Morgan fingerprint density at radius 3 is 2.45 bits per heavy atom. The summed E-state index contributed by atoms with van der Waals surface area (Å²) < 4.78 is 67.1. The number of fused-ring (bicyclic) bond motifs is 3. The molecule has 1 atom stereocenters. The predicted octanol–water partition coefficient (Wildman–Crippen LogP) is 5.04. The van der Waals surface area contributed by atoms with E-state index in [1.54, 1.807) is 0 Å². The summed E-state index contributed by atoms with van der Waals surface area (Å²) in [6, 6.07) is 2.34. The van der Waals surface area contributed by atoms with E-state index in [0.717, 1.165) is 6.07 Å². The van der Waals surface area contributed by atoms with Crippen LogP contribution >= 0.6 is 23.2 Å². The van der Waals surface area contributed by atoms with Crippen molar-refractivity contribution >= 4 is 34.1 Å². The molecule has 2 aromatic rings. The number of rotatable bonds is 0. The van der Waals surface area contributed by atoms with E-state index in [0.29, 0.717) is 0 Å². The molecule has 1 aromatic carbocycles. The molecule has 0 saturated carbocycles. The molecular weight excluding hydrogens is 352 g/mol. The van der Waals surface area contributed by atoms with Crippen LogP contribution in [-0.4, -0.2) is 15.6 Å². The molecule has 0 saturated heterocycles. The SMILES string of the molecule is OC1c2c(c3cc(Cl)cc(Cl)c3n2C(F)(F)F)CCC1(F)F. The number of aliphatic hydroxyl groups excluding tert-OH is 1. The van der Waals surface area contributed by atoms with Gasteiger partial charge >= 0.3 is 6.30 Å². The summed E-state index contributed by atoms with van der Waals surface area (Å²) in [6.45, 7) is 0. The fraction of sp³-hybridized carbons (Fsp3) is 0.385. The smallest absolute Gasteiger partial charge is 0.381 e. The van der Waals surface area contributed by atoms with Gasteiger partial charge in [-0.1, -0.05) is 23.2 Å². The lowest BCUT2D eigenvalue weighted by Gasteiger charge is -2.29. The Balaban J connectivity index is 2.48. The molecule has 1 aromatic heterocycles. The maximum absolute atomic E-state index is 13.7. The third kappa shape index (κ3) is 2.18. The van der Waals surface area contributed by atoms with Crippen molar-refractivity contribution < 1.29 is 27.1 Å². The second-order valence-electron chi connectivity index (χ2n) is 5.11. The van der Waals surface area contributed by atoms with Crippen LogP contribution in [0.4, 0.5) is 22.0 Å². The zero-order valence-corrected chi connectivity index (χ0v) is 12.2. The highest BCUT2D eigenvalue weighted by molar-refractivity contribution is 6.38. The van der Waals surface area contributed by atoms with Gasteiger partial charge in [-0.2, -0.15) is 0 Å². The van der Waals surface area contributed by atoms with Crippen LogP contribution in [0.25, 0.3) is 10.9 Å². The first kappa shape index (κ1) is 15.8. The lowest BCUT2D eigenvalue weighted by atomic mass is 9.90. The quantitative estimate of drug-likeness (QED) is 0.655. The summed E-state index contributed by atoms with van der Waals surface area (Å²) in [5.41, 5.74) is -1.35. The molecule has 22 heavy (non-hydrogen) atoms. The maximum atomic E-state index is 13.7. The zero-order chi connectivity index (χ0) is 16.4. The number of aromatic nitrogens is 1. The first-order valence-corrected chi connectivity index (χ1v) is 6.95. The van der Waals surface area contributed by atoms with Gasteiger partial charge in [-0.25, -0.2) is 8.78 Å². The van der Waals surface area contributed by atoms with E-state index in [2.05, 4.69) is 0 Å². The Morgan fingerprint density at radius 1 is 1.23 bits per heavy atom. The molecule has 0 spiro atoms. The van der Waals surface area contributed by atoms with Crippen LogP contribution < -0.4 is 0 Å². The third-order valence-electron chi connectivity index (χ3n) is 3.75. The van der Waals surface area contributed by atoms with Gasteiger partial charge in [0.15, 0.2) is 6.10 Å². The van der Waals surface area contributed by atoms with Gasteiger partial charge in [-0.3, -0.25) is 4.57 Å². The first-order chi connectivity index (χ1) is 10.0. The Morgan fingerprint density at radius 2 is 1.86 bits per heavy atom. The van der Waals surface area contributed by atoms with Crippen molar-refractivity contribution in [2.45, 2.75) is 31.2 Å². The minimum atomic E-state index is -5.00. The van der Waals surface area contributed by atoms with Crippen molar-refractivity contribution in [2.75, 3.05) is 0 Å². The van der Waals surface area contributed by atoms with Crippen molar-refractivity contribution in [3.63, 3.8) is 0 Å². The number of nitrogens with zero attached hydrogens (tertiary/aromatic N) is 1. The number of hydrogen-bond donors (Lipinski definition) is 1. The number of hydrogen-bond acceptors (Lipinski definition) is 1. The Labute approximate surface area is 131 Å². The van der Waals surface area contributed by atoms with Gasteiger partial charge in [0, 0.05) is 16.8 Å². The summed E-state index contributed by atoms with van der Waals surface area (Å²) >= 11 is 11.6. The average molecular weight is 360 g/mol. The lowest BCUT2D eigenvalue weighted by Crippen LogP contribution is -2.35. The Bertz CT molecular complexity index is 768. The largest absolute Gasteiger partial charge is 0.489 e. The number of halogens is 7. The van der Waals surface area contributed by atoms with Gasteiger partial charge < -0.3 is 5.11 Å². The molecule has 0 radical (unpaired) electrons. The number of alkyl halides is 5. The zero-order valence-electron chi connectivity index (χ0n) is 10.7. The summed E-state index contributed by atoms with van der Waals surface area (Å²) in [6.07, 6.45) is -8.62. The summed E-state index contributed by atoms with van der Waals surface area (Å²) in [4.78, 5) is 0. The van der Waals surface area contributed by atoms with Crippen LogP contribution in [0.1, 0.15) is 23.8 Å². The summed E-state index contributed by atoms with van der Waals surface area (Å²) in [5.74, 6) is -3.64. The van der Waals surface area contributed by atoms with Crippen molar-refractivity contribution in [3.8, 4) is 0 Å². The second-order valence-corrected chi connectivity index (χ2v) is 5.96.